The number of anilines is 1. The van der Waals surface area contributed by atoms with E-state index in [2.05, 4.69) is 9.97 Å². The van der Waals surface area contributed by atoms with Crippen molar-refractivity contribution < 1.29 is 14.3 Å². The second kappa shape index (κ2) is 6.78. The second-order valence-electron chi connectivity index (χ2n) is 5.97. The van der Waals surface area contributed by atoms with Crippen molar-refractivity contribution in [1.29, 1.82) is 0 Å². The van der Waals surface area contributed by atoms with Gasteiger partial charge in [-0.05, 0) is 29.5 Å². The third-order valence-electron chi connectivity index (χ3n) is 4.29. The molecule has 0 fully saturated rings. The summed E-state index contributed by atoms with van der Waals surface area (Å²) in [6, 6.07) is 7.05. The monoisotopic (exact) mass is 325 g/mol. The fourth-order valence-electron chi connectivity index (χ4n) is 3.21. The first-order chi connectivity index (χ1) is 11.6. The molecule has 3 rings (SSSR count). The number of ether oxygens (including phenoxy) is 1. The van der Waals surface area contributed by atoms with E-state index in [1.54, 1.807) is 17.3 Å². The average molecular weight is 325 g/mol. The molecule has 0 aliphatic carbocycles. The van der Waals surface area contributed by atoms with Crippen LogP contribution in [0.25, 0.3) is 0 Å². The van der Waals surface area contributed by atoms with Crippen LogP contribution in [0, 0.1) is 5.92 Å². The van der Waals surface area contributed by atoms with Crippen LogP contribution in [0.1, 0.15) is 18.1 Å². The van der Waals surface area contributed by atoms with Gasteiger partial charge in [-0.2, -0.15) is 0 Å². The van der Waals surface area contributed by atoms with Crippen molar-refractivity contribution in [3.8, 4) is 0 Å². The zero-order valence-corrected chi connectivity index (χ0v) is 13.7. The number of esters is 1. The molecule has 0 saturated heterocycles. The van der Waals surface area contributed by atoms with Gasteiger partial charge >= 0.3 is 5.97 Å². The lowest BCUT2D eigenvalue weighted by Gasteiger charge is -2.39. The number of aromatic nitrogens is 2. The highest BCUT2D eigenvalue weighted by Crippen LogP contribution is 2.34. The molecule has 24 heavy (non-hydrogen) atoms. The van der Waals surface area contributed by atoms with Crippen molar-refractivity contribution in [3.05, 3.63) is 54.1 Å². The number of rotatable bonds is 3. The molecule has 2 atom stereocenters. The normalized spacial score (nSPS) is 19.5. The Hall–Kier alpha value is -2.76. The van der Waals surface area contributed by atoms with E-state index in [0.717, 1.165) is 17.7 Å². The number of fused-ring (bicyclic) bond motifs is 1. The highest BCUT2D eigenvalue weighted by molar-refractivity contribution is 6.01. The summed E-state index contributed by atoms with van der Waals surface area (Å²) in [5, 5.41) is 0. The van der Waals surface area contributed by atoms with Crippen molar-refractivity contribution in [2.24, 2.45) is 5.92 Å². The van der Waals surface area contributed by atoms with E-state index in [1.165, 1.54) is 13.4 Å². The predicted octanol–water partition coefficient (Wildman–Crippen LogP) is 1.79. The highest BCUT2D eigenvalue weighted by Gasteiger charge is 2.40. The van der Waals surface area contributed by atoms with Crippen molar-refractivity contribution in [2.75, 3.05) is 12.0 Å². The number of amides is 1. The summed E-state index contributed by atoms with van der Waals surface area (Å²) in [6.45, 7) is 1.96. The van der Waals surface area contributed by atoms with Crippen LogP contribution in [-0.4, -0.2) is 35.0 Å². The number of carbonyl (C=O) groups is 2. The van der Waals surface area contributed by atoms with Crippen LogP contribution in [0.2, 0.25) is 0 Å². The number of carbonyl (C=O) groups excluding carboxylic acids is 2. The summed E-state index contributed by atoms with van der Waals surface area (Å²) in [5.74, 6) is -0.586. The SMILES string of the molecule is COC(=O)[C@@H]1[C@H](C)Cc2ccccc2N1C(=O)Cc1cncnc1. The number of hydrogen-bond acceptors (Lipinski definition) is 5. The first-order valence-corrected chi connectivity index (χ1v) is 7.83. The Balaban J connectivity index is 1.99. The van der Waals surface area contributed by atoms with Crippen LogP contribution in [0.15, 0.2) is 43.0 Å². The summed E-state index contributed by atoms with van der Waals surface area (Å²) in [4.78, 5) is 34.7. The molecule has 124 valence electrons. The van der Waals surface area contributed by atoms with Crippen LogP contribution in [-0.2, 0) is 27.2 Å². The van der Waals surface area contributed by atoms with Gasteiger partial charge in [-0.15, -0.1) is 0 Å². The number of methoxy groups -OCH3 is 1. The van der Waals surface area contributed by atoms with Gasteiger partial charge in [-0.25, -0.2) is 14.8 Å². The zero-order valence-electron chi connectivity index (χ0n) is 13.7. The molecule has 0 bridgehead atoms. The largest absolute Gasteiger partial charge is 0.467 e. The Morgan fingerprint density at radius 2 is 1.96 bits per heavy atom. The summed E-state index contributed by atoms with van der Waals surface area (Å²) >= 11 is 0. The van der Waals surface area contributed by atoms with Gasteiger partial charge in [-0.3, -0.25) is 9.69 Å². The lowest BCUT2D eigenvalue weighted by molar-refractivity contribution is -0.145. The molecule has 1 aromatic carbocycles. The van der Waals surface area contributed by atoms with Crippen LogP contribution in [0.4, 0.5) is 5.69 Å². The van der Waals surface area contributed by atoms with Crippen LogP contribution >= 0.6 is 0 Å². The Kier molecular flexibility index (Phi) is 4.55. The molecule has 1 amide bonds. The molecule has 0 N–H and O–H groups in total. The maximum atomic E-state index is 13.0. The van der Waals surface area contributed by atoms with E-state index in [4.69, 9.17) is 4.74 Å². The summed E-state index contributed by atoms with van der Waals surface area (Å²) < 4.78 is 4.95. The fourth-order valence-corrected chi connectivity index (χ4v) is 3.21. The molecule has 0 saturated carbocycles. The van der Waals surface area contributed by atoms with Crippen LogP contribution < -0.4 is 4.90 Å². The maximum Gasteiger partial charge on any atom is 0.329 e. The molecule has 1 aromatic heterocycles. The second-order valence-corrected chi connectivity index (χ2v) is 5.97. The molecule has 0 spiro atoms. The Morgan fingerprint density at radius 3 is 2.67 bits per heavy atom. The van der Waals surface area contributed by atoms with E-state index in [-0.39, 0.29) is 18.2 Å². The van der Waals surface area contributed by atoms with Crippen LogP contribution in [0.5, 0.6) is 0 Å². The molecule has 0 radical (unpaired) electrons. The van der Waals surface area contributed by atoms with Gasteiger partial charge in [0.1, 0.15) is 12.4 Å². The lowest BCUT2D eigenvalue weighted by atomic mass is 9.86. The third-order valence-corrected chi connectivity index (χ3v) is 4.29. The maximum absolute atomic E-state index is 13.0. The van der Waals surface area contributed by atoms with Crippen molar-refractivity contribution in [1.82, 2.24) is 9.97 Å². The molecule has 1 aliphatic heterocycles. The van der Waals surface area contributed by atoms with Crippen LogP contribution in [0.3, 0.4) is 0 Å². The summed E-state index contributed by atoms with van der Waals surface area (Å²) in [5.41, 5.74) is 2.54. The Labute approximate surface area is 140 Å². The number of hydrogen-bond donors (Lipinski definition) is 0. The van der Waals surface area contributed by atoms with Gasteiger partial charge in [0.25, 0.3) is 0 Å². The van der Waals surface area contributed by atoms with Gasteiger partial charge in [-0.1, -0.05) is 25.1 Å². The fraction of sp³-hybridized carbons (Fsp3) is 0.333. The zero-order chi connectivity index (χ0) is 17.1. The third kappa shape index (κ3) is 2.99. The van der Waals surface area contributed by atoms with E-state index >= 15 is 0 Å². The molecule has 1 aliphatic rings. The summed E-state index contributed by atoms with van der Waals surface area (Å²) in [6.07, 6.45) is 5.50. The number of nitrogens with zero attached hydrogens (tertiary/aromatic N) is 3. The first-order valence-electron chi connectivity index (χ1n) is 7.83. The van der Waals surface area contributed by atoms with E-state index in [9.17, 15) is 9.59 Å². The standard InChI is InChI=1S/C18H19N3O3/c1-12-7-14-5-3-4-6-15(14)21(17(12)18(23)24-2)16(22)8-13-9-19-11-20-10-13/h3-6,9-12,17H,7-8H2,1-2H3/t12-,17+/m1/s1. The minimum Gasteiger partial charge on any atom is -0.467 e. The lowest BCUT2D eigenvalue weighted by Crippen LogP contribution is -2.53. The quantitative estimate of drug-likeness (QED) is 0.805. The Morgan fingerprint density at radius 1 is 1.25 bits per heavy atom. The molecule has 6 heteroatoms. The van der Waals surface area contributed by atoms with Gasteiger partial charge < -0.3 is 4.74 Å². The number of para-hydroxylation sites is 1. The van der Waals surface area contributed by atoms with Gasteiger partial charge in [0.2, 0.25) is 5.91 Å². The Bertz CT molecular complexity index is 748. The van der Waals surface area contributed by atoms with Gasteiger partial charge in [0.15, 0.2) is 0 Å². The van der Waals surface area contributed by atoms with Gasteiger partial charge in [0, 0.05) is 18.1 Å². The molecule has 2 heterocycles. The van der Waals surface area contributed by atoms with Gasteiger partial charge in [0.05, 0.1) is 13.5 Å². The van der Waals surface area contributed by atoms with E-state index < -0.39 is 12.0 Å². The molecular weight excluding hydrogens is 306 g/mol. The predicted molar refractivity (Wildman–Crippen MR) is 88.3 cm³/mol. The van der Waals surface area contributed by atoms with E-state index in [0.29, 0.717) is 5.56 Å². The molecular formula is C18H19N3O3. The average Bonchev–Trinajstić information content (AvgIpc) is 2.60. The van der Waals surface area contributed by atoms with Crippen molar-refractivity contribution in [3.63, 3.8) is 0 Å². The molecule has 6 nitrogen and oxygen atoms in total. The first kappa shape index (κ1) is 16.1. The topological polar surface area (TPSA) is 72.4 Å². The molecule has 0 unspecified atom stereocenters. The van der Waals surface area contributed by atoms with E-state index in [1.807, 2.05) is 31.2 Å². The molecule has 2 aromatic rings. The smallest absolute Gasteiger partial charge is 0.329 e. The highest BCUT2D eigenvalue weighted by atomic mass is 16.5. The van der Waals surface area contributed by atoms with Crippen molar-refractivity contribution >= 4 is 17.6 Å². The minimum absolute atomic E-state index is 0.0247. The minimum atomic E-state index is -0.623. The van der Waals surface area contributed by atoms with Crippen molar-refractivity contribution in [2.45, 2.75) is 25.8 Å². The number of benzene rings is 1. The summed E-state index contributed by atoms with van der Waals surface area (Å²) in [7, 11) is 1.35.